The number of benzene rings is 3. The topological polar surface area (TPSA) is 63.4 Å². The number of methoxy groups -OCH3 is 1. The predicted octanol–water partition coefficient (Wildman–Crippen LogP) is 8.38. The minimum absolute atomic E-state index is 0.00834. The number of ether oxygens (including phenoxy) is 2. The second-order valence-electron chi connectivity index (χ2n) is 8.79. The molecule has 0 spiro atoms. The number of anilines is 1. The van der Waals surface area contributed by atoms with E-state index in [1.165, 1.54) is 49.6 Å². The van der Waals surface area contributed by atoms with Crippen LogP contribution in [0.3, 0.4) is 0 Å². The Morgan fingerprint density at radius 1 is 0.868 bits per heavy atom. The second kappa shape index (κ2) is 9.96. The summed E-state index contributed by atoms with van der Waals surface area (Å²) in [5, 5.41) is 2.73. The van der Waals surface area contributed by atoms with E-state index >= 15 is 0 Å². The fourth-order valence-corrected chi connectivity index (χ4v) is 3.96. The number of hydrogen-bond donors (Lipinski definition) is 2. The highest BCUT2D eigenvalue weighted by atomic mass is 19.4. The molecule has 2 N–H and O–H groups in total. The summed E-state index contributed by atoms with van der Waals surface area (Å²) in [4.78, 5) is 15.6. The summed E-state index contributed by atoms with van der Waals surface area (Å²) in [6, 6.07) is 10.5. The molecule has 0 aliphatic carbocycles. The molecule has 0 aliphatic heterocycles. The van der Waals surface area contributed by atoms with Gasteiger partial charge < -0.3 is 19.8 Å². The van der Waals surface area contributed by atoms with Gasteiger partial charge in [-0.25, -0.2) is 0 Å². The molecule has 3 aromatic carbocycles. The zero-order chi connectivity index (χ0) is 27.8. The van der Waals surface area contributed by atoms with Crippen LogP contribution in [-0.2, 0) is 12.4 Å². The summed E-state index contributed by atoms with van der Waals surface area (Å²) >= 11 is 0. The van der Waals surface area contributed by atoms with Gasteiger partial charge >= 0.3 is 12.4 Å². The third-order valence-corrected chi connectivity index (χ3v) is 5.84. The molecule has 200 valence electrons. The monoisotopic (exact) mass is 536 g/mol. The van der Waals surface area contributed by atoms with Gasteiger partial charge in [0.15, 0.2) is 5.75 Å². The number of hydrogen-bond acceptors (Lipinski definition) is 3. The number of H-pyrrole nitrogens is 1. The van der Waals surface area contributed by atoms with Crippen LogP contribution in [0.5, 0.6) is 17.2 Å². The van der Waals surface area contributed by atoms with Gasteiger partial charge in [-0.05, 0) is 66.1 Å². The van der Waals surface area contributed by atoms with Crippen LogP contribution >= 0.6 is 0 Å². The Balaban J connectivity index is 1.79. The Morgan fingerprint density at radius 3 is 1.97 bits per heavy atom. The fourth-order valence-electron chi connectivity index (χ4n) is 3.96. The molecule has 0 atom stereocenters. The van der Waals surface area contributed by atoms with Crippen molar-refractivity contribution in [3.8, 4) is 17.2 Å². The number of rotatable bonds is 6. The van der Waals surface area contributed by atoms with Crippen molar-refractivity contribution in [2.45, 2.75) is 32.1 Å². The van der Waals surface area contributed by atoms with E-state index in [1.54, 1.807) is 6.20 Å². The highest BCUT2D eigenvalue weighted by Crippen LogP contribution is 2.48. The van der Waals surface area contributed by atoms with Gasteiger partial charge in [-0.2, -0.15) is 26.3 Å². The summed E-state index contributed by atoms with van der Waals surface area (Å²) in [5.41, 5.74) is -2.57. The number of carbonyl (C=O) groups is 1. The number of aromatic nitrogens is 1. The maximum Gasteiger partial charge on any atom is 0.420 e. The Labute approximate surface area is 213 Å². The van der Waals surface area contributed by atoms with Crippen LogP contribution < -0.4 is 14.8 Å². The minimum atomic E-state index is -5.22. The summed E-state index contributed by atoms with van der Waals surface area (Å²) in [6.45, 7) is 3.80. The standard InChI is InChI=1S/C27H22F6N2O3/c1-14(2)20-13-34-23-9-8-18(12-19(20)23)38-24-21(26(28,29)30)10-16(11-22(24)27(31,32)33)35-25(36)15-4-6-17(37-3)7-5-15/h4-14,34H,1-3H3,(H,35,36). The lowest BCUT2D eigenvalue weighted by Gasteiger charge is -2.21. The Bertz CT molecular complexity index is 1440. The molecule has 1 amide bonds. The quantitative estimate of drug-likeness (QED) is 0.243. The van der Waals surface area contributed by atoms with Crippen molar-refractivity contribution in [3.63, 3.8) is 0 Å². The van der Waals surface area contributed by atoms with Crippen LogP contribution in [-0.4, -0.2) is 18.0 Å². The third kappa shape index (κ3) is 5.56. The zero-order valence-corrected chi connectivity index (χ0v) is 20.3. The largest absolute Gasteiger partial charge is 0.497 e. The molecule has 0 radical (unpaired) electrons. The molecule has 11 heteroatoms. The van der Waals surface area contributed by atoms with Crippen LogP contribution in [0, 0.1) is 0 Å². The maximum absolute atomic E-state index is 14.0. The van der Waals surface area contributed by atoms with Gasteiger partial charge in [-0.3, -0.25) is 4.79 Å². The van der Waals surface area contributed by atoms with Crippen LogP contribution in [0.1, 0.15) is 46.8 Å². The van der Waals surface area contributed by atoms with E-state index < -0.39 is 40.8 Å². The molecule has 0 aliphatic rings. The molecular formula is C27H22F6N2O3. The minimum Gasteiger partial charge on any atom is -0.497 e. The van der Waals surface area contributed by atoms with Crippen molar-refractivity contribution in [3.05, 3.63) is 83.0 Å². The van der Waals surface area contributed by atoms with Gasteiger partial charge in [0.05, 0.1) is 7.11 Å². The number of aromatic amines is 1. The van der Waals surface area contributed by atoms with Crippen molar-refractivity contribution >= 4 is 22.5 Å². The smallest absolute Gasteiger partial charge is 0.420 e. The first-order chi connectivity index (χ1) is 17.8. The first-order valence-corrected chi connectivity index (χ1v) is 11.3. The third-order valence-electron chi connectivity index (χ3n) is 5.84. The average Bonchev–Trinajstić information content (AvgIpc) is 3.27. The van der Waals surface area contributed by atoms with Crippen LogP contribution in [0.25, 0.3) is 10.9 Å². The summed E-state index contributed by atoms with van der Waals surface area (Å²) in [7, 11) is 1.40. The highest BCUT2D eigenvalue weighted by molar-refractivity contribution is 6.04. The molecular weight excluding hydrogens is 514 g/mol. The lowest BCUT2D eigenvalue weighted by Crippen LogP contribution is -2.17. The molecule has 4 rings (SSSR count). The lowest BCUT2D eigenvalue weighted by molar-refractivity contribution is -0.144. The first kappa shape index (κ1) is 26.9. The number of amides is 1. The number of fused-ring (bicyclic) bond motifs is 1. The second-order valence-corrected chi connectivity index (χ2v) is 8.79. The first-order valence-electron chi connectivity index (χ1n) is 11.3. The molecule has 1 aromatic heterocycles. The Morgan fingerprint density at radius 2 is 1.45 bits per heavy atom. The van der Waals surface area contributed by atoms with Crippen LogP contribution in [0.2, 0.25) is 0 Å². The summed E-state index contributed by atoms with van der Waals surface area (Å²) in [5.74, 6) is -2.05. The molecule has 0 saturated heterocycles. The molecule has 4 aromatic rings. The van der Waals surface area contributed by atoms with Crippen LogP contribution in [0.4, 0.5) is 32.0 Å². The zero-order valence-electron chi connectivity index (χ0n) is 20.3. The Hall–Kier alpha value is -4.15. The normalized spacial score (nSPS) is 12.2. The summed E-state index contributed by atoms with van der Waals surface area (Å²) < 4.78 is 94.5. The average molecular weight is 536 g/mol. The number of carbonyl (C=O) groups excluding carboxylic acids is 1. The number of alkyl halides is 6. The van der Waals surface area contributed by atoms with Gasteiger partial charge in [0, 0.05) is 28.4 Å². The molecule has 1 heterocycles. The molecule has 0 saturated carbocycles. The lowest BCUT2D eigenvalue weighted by atomic mass is 10.0. The van der Waals surface area contributed by atoms with Crippen molar-refractivity contribution in [1.29, 1.82) is 0 Å². The van der Waals surface area contributed by atoms with Crippen molar-refractivity contribution < 1.29 is 40.6 Å². The van der Waals surface area contributed by atoms with E-state index in [9.17, 15) is 31.1 Å². The molecule has 0 fully saturated rings. The van der Waals surface area contributed by atoms with Crippen LogP contribution in [0.15, 0.2) is 60.8 Å². The van der Waals surface area contributed by atoms with Crippen molar-refractivity contribution in [1.82, 2.24) is 4.98 Å². The van der Waals surface area contributed by atoms with Crippen molar-refractivity contribution in [2.75, 3.05) is 12.4 Å². The molecule has 5 nitrogen and oxygen atoms in total. The molecule has 38 heavy (non-hydrogen) atoms. The van der Waals surface area contributed by atoms with Gasteiger partial charge in [-0.15, -0.1) is 0 Å². The number of halogens is 6. The van der Waals surface area contributed by atoms with E-state index in [4.69, 9.17) is 9.47 Å². The number of nitrogens with one attached hydrogen (secondary N) is 2. The van der Waals surface area contributed by atoms with Gasteiger partial charge in [-0.1, -0.05) is 13.8 Å². The van der Waals surface area contributed by atoms with Gasteiger partial charge in [0.25, 0.3) is 5.91 Å². The van der Waals surface area contributed by atoms with E-state index in [2.05, 4.69) is 10.3 Å². The van der Waals surface area contributed by atoms with Crippen molar-refractivity contribution in [2.24, 2.45) is 0 Å². The maximum atomic E-state index is 14.0. The molecule has 0 bridgehead atoms. The highest BCUT2D eigenvalue weighted by Gasteiger charge is 2.43. The van der Waals surface area contributed by atoms with E-state index in [1.807, 2.05) is 13.8 Å². The SMILES string of the molecule is COc1ccc(C(=O)Nc2cc(C(F)(F)F)c(Oc3ccc4[nH]cc(C(C)C)c4c3)c(C(F)(F)F)c2)cc1. The Kier molecular flexibility index (Phi) is 7.05. The van der Waals surface area contributed by atoms with E-state index in [0.717, 1.165) is 5.56 Å². The van der Waals surface area contributed by atoms with Gasteiger partial charge in [0.1, 0.15) is 22.6 Å². The summed E-state index contributed by atoms with van der Waals surface area (Å²) in [6.07, 6.45) is -8.73. The fraction of sp³-hybridized carbons (Fsp3) is 0.222. The van der Waals surface area contributed by atoms with E-state index in [0.29, 0.717) is 28.8 Å². The van der Waals surface area contributed by atoms with Gasteiger partial charge in [0.2, 0.25) is 0 Å². The predicted molar refractivity (Wildman–Crippen MR) is 130 cm³/mol. The van der Waals surface area contributed by atoms with E-state index in [-0.39, 0.29) is 17.2 Å². The molecule has 0 unspecified atom stereocenters.